The smallest absolute Gasteiger partial charge is 0.172 e. The van der Waals surface area contributed by atoms with Crippen molar-refractivity contribution >= 4 is 9.04 Å². The van der Waals surface area contributed by atoms with E-state index in [1.807, 2.05) is 6.92 Å². The molecule has 0 spiro atoms. The first-order chi connectivity index (χ1) is 3.81. The third-order valence-electron chi connectivity index (χ3n) is 1.21. The molecule has 0 aliphatic carbocycles. The predicted octanol–water partition coefficient (Wildman–Crippen LogP) is 0.0712. The van der Waals surface area contributed by atoms with Crippen molar-refractivity contribution < 1.29 is 4.80 Å². The third kappa shape index (κ3) is 4.30. The highest BCUT2D eigenvalue weighted by molar-refractivity contribution is 6.50. The van der Waals surface area contributed by atoms with E-state index < -0.39 is 9.04 Å². The fraction of sp³-hybridized carbons (Fsp3) is 1.00. The lowest BCUT2D eigenvalue weighted by Gasteiger charge is -2.01. The van der Waals surface area contributed by atoms with E-state index >= 15 is 0 Å². The molecule has 0 bridgehead atoms. The molecule has 2 nitrogen and oxygen atoms in total. The average molecular weight is 133 g/mol. The monoisotopic (exact) mass is 133 g/mol. The summed E-state index contributed by atoms with van der Waals surface area (Å²) >= 11 is 0. The summed E-state index contributed by atoms with van der Waals surface area (Å²) in [6.45, 7) is 2.76. The van der Waals surface area contributed by atoms with E-state index in [4.69, 9.17) is 10.5 Å². The minimum absolute atomic E-state index is 0.726. The normalized spacial score (nSPS) is 13.9. The highest BCUT2D eigenvalue weighted by atomic mass is 28.3. The molecule has 3 N–H and O–H groups in total. The van der Waals surface area contributed by atoms with Gasteiger partial charge in [-0.1, -0.05) is 6.92 Å². The molecule has 50 valence electrons. The Labute approximate surface area is 52.4 Å². The molecule has 0 aromatic heterocycles. The minimum atomic E-state index is -1.28. The molecule has 0 amide bonds. The van der Waals surface area contributed by atoms with Crippen LogP contribution in [0.5, 0.6) is 0 Å². The number of hydrogen-bond acceptors (Lipinski definition) is 2. The molecule has 8 heavy (non-hydrogen) atoms. The van der Waals surface area contributed by atoms with Crippen molar-refractivity contribution in [3.8, 4) is 0 Å². The fourth-order valence-corrected chi connectivity index (χ4v) is 1.67. The van der Waals surface area contributed by atoms with Crippen LogP contribution in [-0.4, -0.2) is 20.4 Å². The summed E-state index contributed by atoms with van der Waals surface area (Å²) in [5.74, 6) is 0. The van der Waals surface area contributed by atoms with Crippen LogP contribution in [0.15, 0.2) is 0 Å². The Morgan fingerprint density at radius 1 is 1.62 bits per heavy atom. The van der Waals surface area contributed by atoms with Crippen LogP contribution in [0.2, 0.25) is 12.1 Å². The summed E-state index contributed by atoms with van der Waals surface area (Å²) < 4.78 is 0. The molecule has 1 atom stereocenters. The van der Waals surface area contributed by atoms with Crippen molar-refractivity contribution in [1.29, 1.82) is 0 Å². The Balaban J connectivity index is 2.86. The average Bonchev–Trinajstić information content (AvgIpc) is 1.83. The summed E-state index contributed by atoms with van der Waals surface area (Å²) in [4.78, 5) is 9.07. The molecule has 0 rings (SSSR count). The topological polar surface area (TPSA) is 46.2 Å². The van der Waals surface area contributed by atoms with Crippen molar-refractivity contribution in [3.05, 3.63) is 0 Å². The van der Waals surface area contributed by atoms with Gasteiger partial charge in [0.05, 0.1) is 0 Å². The van der Waals surface area contributed by atoms with Gasteiger partial charge in [-0.05, 0) is 25.1 Å². The molecule has 0 aromatic carbocycles. The maximum absolute atomic E-state index is 9.07. The molecular weight excluding hydrogens is 118 g/mol. The maximum atomic E-state index is 9.07. The molecule has 0 aromatic rings. The fourth-order valence-electron chi connectivity index (χ4n) is 0.558. The zero-order valence-electron chi connectivity index (χ0n) is 5.43. The molecule has 0 fully saturated rings. The van der Waals surface area contributed by atoms with Crippen LogP contribution in [0.4, 0.5) is 0 Å². The summed E-state index contributed by atoms with van der Waals surface area (Å²) in [6, 6.07) is 1.98. The van der Waals surface area contributed by atoms with Crippen LogP contribution in [0.25, 0.3) is 0 Å². The van der Waals surface area contributed by atoms with Crippen molar-refractivity contribution in [2.75, 3.05) is 6.54 Å². The van der Waals surface area contributed by atoms with Crippen molar-refractivity contribution in [1.82, 2.24) is 0 Å². The molecule has 0 saturated heterocycles. The third-order valence-corrected chi connectivity index (χ3v) is 3.23. The first kappa shape index (κ1) is 8.14. The quantitative estimate of drug-likeness (QED) is 0.533. The van der Waals surface area contributed by atoms with Crippen LogP contribution in [0, 0.1) is 0 Å². The highest BCUT2D eigenvalue weighted by Crippen LogP contribution is 1.96. The first-order valence-corrected chi connectivity index (χ1v) is 5.34. The van der Waals surface area contributed by atoms with E-state index in [0.717, 1.165) is 25.1 Å². The number of hydrogen-bond donors (Lipinski definition) is 2. The molecular formula is C5H15NOSi. The van der Waals surface area contributed by atoms with Gasteiger partial charge in [0.2, 0.25) is 0 Å². The van der Waals surface area contributed by atoms with Gasteiger partial charge >= 0.3 is 0 Å². The second kappa shape index (κ2) is 5.28. The van der Waals surface area contributed by atoms with Gasteiger partial charge in [-0.2, -0.15) is 0 Å². The Hall–Kier alpha value is 0.137. The summed E-state index contributed by atoms with van der Waals surface area (Å²) in [5.41, 5.74) is 5.24. The van der Waals surface area contributed by atoms with Crippen LogP contribution in [-0.2, 0) is 0 Å². The van der Waals surface area contributed by atoms with E-state index in [-0.39, 0.29) is 0 Å². The maximum Gasteiger partial charge on any atom is 0.172 e. The Morgan fingerprint density at radius 2 is 2.25 bits per heavy atom. The Bertz CT molecular complexity index is 51.7. The Kier molecular flexibility index (Phi) is 5.37. The van der Waals surface area contributed by atoms with Gasteiger partial charge in [0.1, 0.15) is 0 Å². The van der Waals surface area contributed by atoms with E-state index in [9.17, 15) is 0 Å². The highest BCUT2D eigenvalue weighted by Gasteiger charge is 2.00. The molecule has 0 saturated carbocycles. The lowest BCUT2D eigenvalue weighted by atomic mass is 10.5. The molecule has 0 radical (unpaired) electrons. The van der Waals surface area contributed by atoms with Crippen molar-refractivity contribution in [2.24, 2.45) is 5.73 Å². The van der Waals surface area contributed by atoms with E-state index in [1.165, 1.54) is 0 Å². The summed E-state index contributed by atoms with van der Waals surface area (Å²) in [7, 11) is -1.28. The lowest BCUT2D eigenvalue weighted by Crippen LogP contribution is -2.11. The van der Waals surface area contributed by atoms with Crippen molar-refractivity contribution in [2.45, 2.75) is 25.4 Å². The van der Waals surface area contributed by atoms with Gasteiger partial charge in [0, 0.05) is 0 Å². The van der Waals surface area contributed by atoms with Crippen LogP contribution in [0.3, 0.4) is 0 Å². The Morgan fingerprint density at radius 3 is 2.62 bits per heavy atom. The molecule has 3 heteroatoms. The number of rotatable bonds is 4. The SMILES string of the molecule is CC[SiH](O)CCCN. The standard InChI is InChI=1S/C5H15NOSi/c1-2-8(7)5-3-4-6/h7-8H,2-6H2,1H3. The second-order valence-electron chi connectivity index (χ2n) is 1.99. The van der Waals surface area contributed by atoms with Crippen LogP contribution >= 0.6 is 0 Å². The minimum Gasteiger partial charge on any atom is -0.435 e. The largest absolute Gasteiger partial charge is 0.435 e. The van der Waals surface area contributed by atoms with Crippen molar-refractivity contribution in [3.63, 3.8) is 0 Å². The molecule has 0 aliphatic heterocycles. The molecule has 0 heterocycles. The van der Waals surface area contributed by atoms with Gasteiger partial charge in [0.15, 0.2) is 9.04 Å². The summed E-state index contributed by atoms with van der Waals surface area (Å²) in [5, 5.41) is 0. The van der Waals surface area contributed by atoms with Gasteiger partial charge in [-0.15, -0.1) is 0 Å². The van der Waals surface area contributed by atoms with E-state index in [1.54, 1.807) is 0 Å². The predicted molar refractivity (Wildman–Crippen MR) is 38.3 cm³/mol. The molecule has 1 unspecified atom stereocenters. The van der Waals surface area contributed by atoms with Crippen LogP contribution < -0.4 is 5.73 Å². The number of nitrogens with two attached hydrogens (primary N) is 1. The van der Waals surface area contributed by atoms with Gasteiger partial charge in [0.25, 0.3) is 0 Å². The van der Waals surface area contributed by atoms with Gasteiger partial charge in [-0.3, -0.25) is 0 Å². The zero-order valence-corrected chi connectivity index (χ0v) is 6.59. The van der Waals surface area contributed by atoms with Crippen LogP contribution in [0.1, 0.15) is 13.3 Å². The van der Waals surface area contributed by atoms with E-state index in [2.05, 4.69) is 0 Å². The second-order valence-corrected chi connectivity index (χ2v) is 4.69. The van der Waals surface area contributed by atoms with Gasteiger partial charge < -0.3 is 10.5 Å². The summed E-state index contributed by atoms with van der Waals surface area (Å²) in [6.07, 6.45) is 1.00. The zero-order chi connectivity index (χ0) is 6.41. The molecule has 0 aliphatic rings. The lowest BCUT2D eigenvalue weighted by molar-refractivity contribution is 0.564. The van der Waals surface area contributed by atoms with E-state index in [0.29, 0.717) is 0 Å². The first-order valence-electron chi connectivity index (χ1n) is 3.19. The van der Waals surface area contributed by atoms with Gasteiger partial charge in [-0.25, -0.2) is 0 Å².